The van der Waals surface area contributed by atoms with Crippen LogP contribution in [0, 0.1) is 11.8 Å². The van der Waals surface area contributed by atoms with E-state index in [0.717, 1.165) is 34.3 Å². The molecule has 0 amide bonds. The fourth-order valence-electron chi connectivity index (χ4n) is 2.77. The molecule has 0 saturated carbocycles. The predicted octanol–water partition coefficient (Wildman–Crippen LogP) is 5.30. The number of fused-ring (bicyclic) bond motifs is 1. The van der Waals surface area contributed by atoms with E-state index in [1.165, 1.54) is 23.7 Å². The maximum atomic E-state index is 12.8. The Hall–Kier alpha value is -2.40. The largest absolute Gasteiger partial charge is 0.416 e. The molecule has 0 aliphatic carbocycles. The lowest BCUT2D eigenvalue weighted by atomic mass is 10.0. The molecule has 0 N–H and O–H groups in total. The molecule has 1 heterocycles. The minimum Gasteiger partial charge on any atom is -0.383 e. The molecule has 3 aromatic rings. The van der Waals surface area contributed by atoms with E-state index in [9.17, 15) is 13.2 Å². The van der Waals surface area contributed by atoms with Gasteiger partial charge in [0.1, 0.15) is 0 Å². The third kappa shape index (κ3) is 5.15. The van der Waals surface area contributed by atoms with Gasteiger partial charge in [0.05, 0.1) is 28.6 Å². The molecule has 0 aliphatic rings. The Morgan fingerprint density at radius 2 is 1.90 bits per heavy atom. The highest BCUT2D eigenvalue weighted by Crippen LogP contribution is 2.34. The van der Waals surface area contributed by atoms with Gasteiger partial charge in [-0.1, -0.05) is 30.0 Å². The van der Waals surface area contributed by atoms with Crippen molar-refractivity contribution in [2.75, 3.05) is 27.3 Å². The van der Waals surface area contributed by atoms with Crippen LogP contribution in [0.25, 0.3) is 21.3 Å². The van der Waals surface area contributed by atoms with Crippen molar-refractivity contribution in [3.8, 4) is 23.1 Å². The molecule has 1 unspecified atom stereocenters. The normalized spacial score (nSPS) is 12.8. The maximum absolute atomic E-state index is 12.8. The number of hydrogen-bond acceptors (Lipinski definition) is 4. The zero-order valence-corrected chi connectivity index (χ0v) is 17.2. The van der Waals surface area contributed by atoms with Crippen LogP contribution in [0.15, 0.2) is 42.5 Å². The van der Waals surface area contributed by atoms with Crippen molar-refractivity contribution >= 4 is 21.6 Å². The van der Waals surface area contributed by atoms with Gasteiger partial charge in [-0.2, -0.15) is 17.5 Å². The van der Waals surface area contributed by atoms with E-state index in [4.69, 9.17) is 4.74 Å². The van der Waals surface area contributed by atoms with Crippen LogP contribution >= 0.6 is 11.5 Å². The molecule has 152 valence electrons. The van der Waals surface area contributed by atoms with Gasteiger partial charge in [0.25, 0.3) is 0 Å². The van der Waals surface area contributed by atoms with Crippen molar-refractivity contribution in [1.82, 2.24) is 9.27 Å². The highest BCUT2D eigenvalue weighted by atomic mass is 32.1. The van der Waals surface area contributed by atoms with E-state index < -0.39 is 11.7 Å². The molecule has 2 aromatic carbocycles. The van der Waals surface area contributed by atoms with Crippen LogP contribution in [0.3, 0.4) is 0 Å². The van der Waals surface area contributed by atoms with E-state index in [2.05, 4.69) is 21.1 Å². The van der Waals surface area contributed by atoms with Crippen molar-refractivity contribution in [2.45, 2.75) is 19.1 Å². The molecule has 3 rings (SSSR count). The van der Waals surface area contributed by atoms with Gasteiger partial charge in [-0.3, -0.25) is 4.90 Å². The Kier molecular flexibility index (Phi) is 6.58. The zero-order valence-electron chi connectivity index (χ0n) is 16.4. The summed E-state index contributed by atoms with van der Waals surface area (Å²) in [6.45, 7) is 3.50. The molecular formula is C22H21F3N2OS. The number of alkyl halides is 3. The number of hydrogen-bond donors (Lipinski definition) is 0. The first-order valence-electron chi connectivity index (χ1n) is 9.07. The summed E-state index contributed by atoms with van der Waals surface area (Å²) in [5.74, 6) is 6.42. The van der Waals surface area contributed by atoms with Gasteiger partial charge >= 0.3 is 6.18 Å². The third-order valence-electron chi connectivity index (χ3n) is 4.69. The fraction of sp³-hybridized carbons (Fsp3) is 0.318. The zero-order chi connectivity index (χ0) is 21.0. The number of benzene rings is 2. The lowest BCUT2D eigenvalue weighted by molar-refractivity contribution is -0.137. The topological polar surface area (TPSA) is 25.4 Å². The molecule has 3 nitrogen and oxygen atoms in total. The van der Waals surface area contributed by atoms with Gasteiger partial charge in [-0.15, -0.1) is 0 Å². The molecule has 0 aliphatic heterocycles. The molecule has 0 bridgehead atoms. The van der Waals surface area contributed by atoms with Gasteiger partial charge in [0, 0.05) is 30.2 Å². The average molecular weight is 418 g/mol. The van der Waals surface area contributed by atoms with E-state index in [-0.39, 0.29) is 6.04 Å². The lowest BCUT2D eigenvalue weighted by Gasteiger charge is -2.19. The Labute approximate surface area is 172 Å². The van der Waals surface area contributed by atoms with Crippen molar-refractivity contribution in [2.24, 2.45) is 0 Å². The van der Waals surface area contributed by atoms with Crippen LogP contribution in [0.5, 0.6) is 0 Å². The maximum Gasteiger partial charge on any atom is 0.416 e. The lowest BCUT2D eigenvalue weighted by Crippen LogP contribution is -2.30. The monoisotopic (exact) mass is 418 g/mol. The Balaban J connectivity index is 1.81. The standard InChI is InChI=1S/C22H21F3N2OS/c1-15(27(2)12-13-28-3)4-5-16-6-11-19-20(14-16)29-26-21(19)17-7-9-18(10-8-17)22(23,24)25/h6-11,14-15H,12-13H2,1-3H3. The summed E-state index contributed by atoms with van der Waals surface area (Å²) in [6, 6.07) is 11.0. The Morgan fingerprint density at radius 1 is 1.17 bits per heavy atom. The summed E-state index contributed by atoms with van der Waals surface area (Å²) >= 11 is 1.32. The quantitative estimate of drug-likeness (QED) is 0.526. The number of likely N-dealkylation sites (N-methyl/N-ethyl adjacent to an activating group) is 1. The van der Waals surface area contributed by atoms with Crippen LogP contribution in [0.4, 0.5) is 13.2 Å². The SMILES string of the molecule is COCCN(C)C(C)C#Cc1ccc2c(-c3ccc(C(F)(F)F)cc3)nsc2c1. The van der Waals surface area contributed by atoms with Crippen molar-refractivity contribution in [1.29, 1.82) is 0 Å². The van der Waals surface area contributed by atoms with Crippen LogP contribution in [0.2, 0.25) is 0 Å². The number of nitrogens with zero attached hydrogens (tertiary/aromatic N) is 2. The van der Waals surface area contributed by atoms with Crippen LogP contribution in [-0.4, -0.2) is 42.6 Å². The van der Waals surface area contributed by atoms with Gasteiger partial charge in [-0.25, -0.2) is 0 Å². The molecule has 0 radical (unpaired) electrons. The second-order valence-electron chi connectivity index (χ2n) is 6.74. The number of aromatic nitrogens is 1. The van der Waals surface area contributed by atoms with Crippen LogP contribution in [0.1, 0.15) is 18.1 Å². The van der Waals surface area contributed by atoms with E-state index in [1.54, 1.807) is 7.11 Å². The first-order chi connectivity index (χ1) is 13.8. The summed E-state index contributed by atoms with van der Waals surface area (Å²) in [5.41, 5.74) is 1.57. The molecular weight excluding hydrogens is 397 g/mol. The highest BCUT2D eigenvalue weighted by Gasteiger charge is 2.30. The summed E-state index contributed by atoms with van der Waals surface area (Å²) in [6.07, 6.45) is -4.34. The summed E-state index contributed by atoms with van der Waals surface area (Å²) in [7, 11) is 3.68. The molecule has 7 heteroatoms. The summed E-state index contributed by atoms with van der Waals surface area (Å²) in [5, 5.41) is 0.908. The first kappa shape index (κ1) is 21.3. The van der Waals surface area contributed by atoms with Crippen molar-refractivity contribution in [3.05, 3.63) is 53.6 Å². The number of methoxy groups -OCH3 is 1. The molecule has 0 fully saturated rings. The van der Waals surface area contributed by atoms with Crippen molar-refractivity contribution < 1.29 is 17.9 Å². The second kappa shape index (κ2) is 8.95. The average Bonchev–Trinajstić information content (AvgIpc) is 3.12. The van der Waals surface area contributed by atoms with Crippen LogP contribution < -0.4 is 0 Å². The number of halogens is 3. The highest BCUT2D eigenvalue weighted by molar-refractivity contribution is 7.13. The number of ether oxygens (including phenoxy) is 1. The van der Waals surface area contributed by atoms with Gasteiger partial charge in [0.2, 0.25) is 0 Å². The fourth-order valence-corrected chi connectivity index (χ4v) is 3.60. The summed E-state index contributed by atoms with van der Waals surface area (Å²) in [4.78, 5) is 2.12. The predicted molar refractivity (Wildman–Crippen MR) is 111 cm³/mol. The minimum absolute atomic E-state index is 0.0880. The van der Waals surface area contributed by atoms with Gasteiger partial charge in [0.15, 0.2) is 0 Å². The summed E-state index contributed by atoms with van der Waals surface area (Å²) < 4.78 is 48.8. The van der Waals surface area contributed by atoms with E-state index >= 15 is 0 Å². The van der Waals surface area contributed by atoms with Gasteiger partial charge in [-0.05, 0) is 49.8 Å². The molecule has 1 aromatic heterocycles. The van der Waals surface area contributed by atoms with Crippen molar-refractivity contribution in [3.63, 3.8) is 0 Å². The third-order valence-corrected chi connectivity index (χ3v) is 5.50. The van der Waals surface area contributed by atoms with E-state index in [0.29, 0.717) is 17.9 Å². The number of rotatable bonds is 5. The first-order valence-corrected chi connectivity index (χ1v) is 9.84. The second-order valence-corrected chi connectivity index (χ2v) is 7.54. The molecule has 29 heavy (non-hydrogen) atoms. The van der Waals surface area contributed by atoms with Crippen LogP contribution in [-0.2, 0) is 10.9 Å². The molecule has 1 atom stereocenters. The Morgan fingerprint density at radius 3 is 2.55 bits per heavy atom. The smallest absolute Gasteiger partial charge is 0.383 e. The minimum atomic E-state index is -4.34. The van der Waals surface area contributed by atoms with E-state index in [1.807, 2.05) is 32.2 Å². The molecule has 0 spiro atoms. The molecule has 0 saturated heterocycles. The Bertz CT molecular complexity index is 1030. The van der Waals surface area contributed by atoms with Gasteiger partial charge < -0.3 is 4.74 Å².